The Kier molecular flexibility index (Phi) is 6.85. The van der Waals surface area contributed by atoms with E-state index in [0.717, 1.165) is 43.7 Å². The zero-order valence-electron chi connectivity index (χ0n) is 19.4. The van der Waals surface area contributed by atoms with Crippen molar-refractivity contribution in [2.45, 2.75) is 37.0 Å². The minimum absolute atomic E-state index is 0.0484. The molecule has 35 heavy (non-hydrogen) atoms. The van der Waals surface area contributed by atoms with Gasteiger partial charge in [-0.2, -0.15) is 10.3 Å². The Morgan fingerprint density at radius 1 is 1.03 bits per heavy atom. The number of thioether (sulfide) groups is 1. The average Bonchev–Trinajstić information content (AvgIpc) is 3.31. The first kappa shape index (κ1) is 23.9. The van der Waals surface area contributed by atoms with Gasteiger partial charge in [0.05, 0.1) is 23.6 Å². The molecular formula is C26H28N4O3S2. The smallest absolute Gasteiger partial charge is 0.262 e. The van der Waals surface area contributed by atoms with Crippen LogP contribution in [0.3, 0.4) is 0 Å². The molecule has 1 amide bonds. The maximum atomic E-state index is 12.3. The minimum atomic E-state index is -3.12. The summed E-state index contributed by atoms with van der Waals surface area (Å²) < 4.78 is 24.5. The monoisotopic (exact) mass is 508 g/mol. The first-order valence-corrected chi connectivity index (χ1v) is 14.7. The maximum Gasteiger partial charge on any atom is 0.262 e. The van der Waals surface area contributed by atoms with Gasteiger partial charge in [-0.3, -0.25) is 4.79 Å². The molecule has 0 aliphatic carbocycles. The normalized spacial score (nSPS) is 24.9. The summed E-state index contributed by atoms with van der Waals surface area (Å²) >= 11 is 1.33. The van der Waals surface area contributed by atoms with Crippen LogP contribution in [0.5, 0.6) is 0 Å². The van der Waals surface area contributed by atoms with Crippen LogP contribution in [0.2, 0.25) is 0 Å². The van der Waals surface area contributed by atoms with E-state index >= 15 is 0 Å². The van der Waals surface area contributed by atoms with E-state index in [0.29, 0.717) is 11.1 Å². The first-order valence-electron chi connectivity index (χ1n) is 12.0. The van der Waals surface area contributed by atoms with Crippen LogP contribution < -0.4 is 9.80 Å². The summed E-state index contributed by atoms with van der Waals surface area (Å²) in [4.78, 5) is 20.5. The van der Waals surface area contributed by atoms with Crippen molar-refractivity contribution in [3.63, 3.8) is 0 Å². The molecular weight excluding hydrogens is 480 g/mol. The number of carbonyl (C=O) groups is 1. The molecule has 182 valence electrons. The van der Waals surface area contributed by atoms with Crippen LogP contribution in [0.4, 0.5) is 11.4 Å². The predicted octanol–water partition coefficient (Wildman–Crippen LogP) is 3.66. The van der Waals surface area contributed by atoms with Crippen LogP contribution in [0.1, 0.15) is 24.8 Å². The molecule has 3 aliphatic heterocycles. The van der Waals surface area contributed by atoms with Crippen molar-refractivity contribution >= 4 is 44.0 Å². The fourth-order valence-electron chi connectivity index (χ4n) is 5.25. The lowest BCUT2D eigenvalue weighted by molar-refractivity contribution is -0.116. The molecule has 3 fully saturated rings. The number of amides is 1. The number of fused-ring (bicyclic) bond motifs is 1. The molecule has 2 atom stereocenters. The van der Waals surface area contributed by atoms with E-state index in [1.54, 1.807) is 0 Å². The summed E-state index contributed by atoms with van der Waals surface area (Å²) in [6, 6.07) is 20.4. The number of piperidine rings is 1. The van der Waals surface area contributed by atoms with Crippen LogP contribution in [-0.4, -0.2) is 55.4 Å². The number of hydrogen-bond donors (Lipinski definition) is 0. The number of nitrogens with zero attached hydrogens (tertiary/aromatic N) is 4. The van der Waals surface area contributed by atoms with Gasteiger partial charge in [-0.05, 0) is 55.0 Å². The van der Waals surface area contributed by atoms with Crippen molar-refractivity contribution in [3.8, 4) is 6.07 Å². The van der Waals surface area contributed by atoms with Crippen molar-refractivity contribution in [3.05, 3.63) is 60.2 Å². The molecule has 7 nitrogen and oxygen atoms in total. The number of benzene rings is 2. The third-order valence-electron chi connectivity index (χ3n) is 6.99. The largest absolute Gasteiger partial charge is 0.372 e. The molecule has 9 heteroatoms. The second-order valence-electron chi connectivity index (χ2n) is 9.43. The van der Waals surface area contributed by atoms with Gasteiger partial charge in [-0.15, -0.1) is 0 Å². The van der Waals surface area contributed by atoms with Crippen molar-refractivity contribution in [2.24, 2.45) is 10.9 Å². The Morgan fingerprint density at radius 2 is 1.71 bits per heavy atom. The fraction of sp³-hybridized carbons (Fsp3) is 0.423. The van der Waals surface area contributed by atoms with E-state index < -0.39 is 15.7 Å². The highest BCUT2D eigenvalue weighted by Gasteiger charge is 2.49. The highest BCUT2D eigenvalue weighted by atomic mass is 32.2. The summed E-state index contributed by atoms with van der Waals surface area (Å²) in [5, 5.41) is 9.16. The minimum Gasteiger partial charge on any atom is -0.372 e. The number of anilines is 2. The molecule has 3 heterocycles. The zero-order chi connectivity index (χ0) is 24.4. The molecule has 0 spiro atoms. The molecule has 2 unspecified atom stereocenters. The predicted molar refractivity (Wildman–Crippen MR) is 140 cm³/mol. The molecule has 0 saturated carbocycles. The number of rotatable bonds is 5. The van der Waals surface area contributed by atoms with Gasteiger partial charge < -0.3 is 9.80 Å². The number of amidine groups is 1. The molecule has 2 aromatic rings. The van der Waals surface area contributed by atoms with Crippen molar-refractivity contribution in [1.82, 2.24) is 0 Å². The van der Waals surface area contributed by atoms with Crippen LogP contribution in [-0.2, 0) is 21.1 Å². The van der Waals surface area contributed by atoms with Gasteiger partial charge >= 0.3 is 0 Å². The van der Waals surface area contributed by atoms with E-state index in [1.165, 1.54) is 17.3 Å². The fourth-order valence-corrected chi connectivity index (χ4v) is 9.18. The molecule has 2 aromatic carbocycles. The van der Waals surface area contributed by atoms with E-state index in [4.69, 9.17) is 5.26 Å². The van der Waals surface area contributed by atoms with Gasteiger partial charge in [-0.25, -0.2) is 8.42 Å². The van der Waals surface area contributed by atoms with Gasteiger partial charge in [0.25, 0.3) is 5.91 Å². The molecule has 0 N–H and O–H groups in total. The van der Waals surface area contributed by atoms with E-state index in [1.807, 2.05) is 23.1 Å². The number of hydrogen-bond acceptors (Lipinski definition) is 6. The van der Waals surface area contributed by atoms with Crippen LogP contribution in [0, 0.1) is 17.2 Å². The van der Waals surface area contributed by atoms with Crippen molar-refractivity contribution in [1.29, 1.82) is 5.26 Å². The molecule has 0 radical (unpaired) electrons. The van der Waals surface area contributed by atoms with Crippen LogP contribution in [0.15, 0.2) is 59.6 Å². The van der Waals surface area contributed by atoms with E-state index in [2.05, 4.69) is 52.4 Å². The molecule has 3 saturated heterocycles. The third-order valence-corrected chi connectivity index (χ3v) is 10.2. The highest BCUT2D eigenvalue weighted by Crippen LogP contribution is 2.41. The average molecular weight is 509 g/mol. The second-order valence-corrected chi connectivity index (χ2v) is 12.8. The summed E-state index contributed by atoms with van der Waals surface area (Å²) in [6.07, 6.45) is 3.14. The van der Waals surface area contributed by atoms with Gasteiger partial charge in [0.15, 0.2) is 15.0 Å². The molecule has 0 bridgehead atoms. The Labute approximate surface area is 210 Å². The second kappa shape index (κ2) is 10.0. The lowest BCUT2D eigenvalue weighted by Gasteiger charge is -2.34. The maximum absolute atomic E-state index is 12.3. The Balaban J connectivity index is 1.29. The lowest BCUT2D eigenvalue weighted by atomic mass is 9.90. The number of sulfone groups is 1. The Morgan fingerprint density at radius 3 is 2.40 bits per heavy atom. The summed E-state index contributed by atoms with van der Waals surface area (Å²) in [5.41, 5.74) is 3.37. The highest BCUT2D eigenvalue weighted by molar-refractivity contribution is 8.16. The lowest BCUT2D eigenvalue weighted by Crippen LogP contribution is -2.38. The topological polar surface area (TPSA) is 93.8 Å². The van der Waals surface area contributed by atoms with Gasteiger partial charge in [0.1, 0.15) is 6.42 Å². The Hall–Kier alpha value is -2.83. The molecule has 3 aliphatic rings. The van der Waals surface area contributed by atoms with Crippen LogP contribution >= 0.6 is 11.8 Å². The zero-order valence-corrected chi connectivity index (χ0v) is 21.0. The van der Waals surface area contributed by atoms with Gasteiger partial charge in [0, 0.05) is 29.7 Å². The quantitative estimate of drug-likeness (QED) is 0.608. The third kappa shape index (κ3) is 5.39. The van der Waals surface area contributed by atoms with Crippen molar-refractivity contribution < 1.29 is 13.2 Å². The molecule has 0 aromatic heterocycles. The summed E-state index contributed by atoms with van der Waals surface area (Å²) in [7, 11) is -3.12. The molecule has 5 rings (SSSR count). The van der Waals surface area contributed by atoms with Gasteiger partial charge in [0.2, 0.25) is 0 Å². The van der Waals surface area contributed by atoms with E-state index in [-0.39, 0.29) is 29.2 Å². The summed E-state index contributed by atoms with van der Waals surface area (Å²) in [5.74, 6) is 0.325. The van der Waals surface area contributed by atoms with E-state index in [9.17, 15) is 13.2 Å². The van der Waals surface area contributed by atoms with Gasteiger partial charge in [-0.1, -0.05) is 42.1 Å². The number of nitriles is 1. The number of aliphatic imine (C=N–C) groups is 1. The number of carbonyl (C=O) groups excluding carboxylic acids is 1. The van der Waals surface area contributed by atoms with Crippen LogP contribution in [0.25, 0.3) is 0 Å². The first-order chi connectivity index (χ1) is 16.9. The SMILES string of the molecule is N#CCC(=O)N=C1SC2CS(=O)(=O)CC2N1c1ccc(N2CCC(Cc3ccccc3)CC2)cc1. The Bertz CT molecular complexity index is 1250. The standard InChI is InChI=1S/C26H28N4O3S2/c27-13-10-25(31)28-26-30(23-17-35(32,33)18-24(23)34-26)22-8-6-21(7-9-22)29-14-11-20(12-15-29)16-19-4-2-1-3-5-19/h1-9,20,23-24H,10-12,14-18H2. The summed E-state index contributed by atoms with van der Waals surface area (Å²) in [6.45, 7) is 2.02. The van der Waals surface area contributed by atoms with Crippen molar-refractivity contribution in [2.75, 3.05) is 34.4 Å².